The van der Waals surface area contributed by atoms with Crippen LogP contribution in [0.2, 0.25) is 5.02 Å². The minimum absolute atomic E-state index is 0.269. The van der Waals surface area contributed by atoms with E-state index in [4.69, 9.17) is 11.6 Å². The molecule has 8 heteroatoms. The molecule has 0 saturated heterocycles. The molecule has 0 heterocycles. The Labute approximate surface area is 98.5 Å². The van der Waals surface area contributed by atoms with E-state index in [1.807, 2.05) is 0 Å². The average molecular weight is 271 g/mol. The molecule has 0 aromatic heterocycles. The van der Waals surface area contributed by atoms with Crippen LogP contribution in [0.1, 0.15) is 10.4 Å². The number of alkyl halides is 3. The van der Waals surface area contributed by atoms with Gasteiger partial charge in [0.2, 0.25) is 0 Å². The summed E-state index contributed by atoms with van der Waals surface area (Å²) in [5.41, 5.74) is -0.269. The van der Waals surface area contributed by atoms with E-state index in [2.05, 4.69) is 9.47 Å². The molecule has 0 saturated carbocycles. The van der Waals surface area contributed by atoms with Crippen LogP contribution in [0, 0.1) is 0 Å². The van der Waals surface area contributed by atoms with Crippen molar-refractivity contribution in [3.8, 4) is 11.5 Å². The summed E-state index contributed by atoms with van der Waals surface area (Å²) in [7, 11) is 1.05. The van der Waals surface area contributed by atoms with Gasteiger partial charge in [-0.2, -0.15) is 0 Å². The van der Waals surface area contributed by atoms with Crippen molar-refractivity contribution in [2.24, 2.45) is 0 Å². The second kappa shape index (κ2) is 4.70. The van der Waals surface area contributed by atoms with Gasteiger partial charge in [0.05, 0.1) is 17.7 Å². The van der Waals surface area contributed by atoms with E-state index in [-0.39, 0.29) is 5.56 Å². The first-order valence-corrected chi connectivity index (χ1v) is 4.49. The average Bonchev–Trinajstić information content (AvgIpc) is 2.21. The smallest absolute Gasteiger partial charge is 0.503 e. The number of phenolic OH excluding ortho intramolecular Hbond substituents is 1. The van der Waals surface area contributed by atoms with E-state index in [0.717, 1.165) is 13.2 Å². The number of carbonyl (C=O) groups excluding carboxylic acids is 1. The summed E-state index contributed by atoms with van der Waals surface area (Å²) < 4.78 is 43.7. The molecule has 0 unspecified atom stereocenters. The molecule has 0 radical (unpaired) electrons. The van der Waals surface area contributed by atoms with Gasteiger partial charge in [0.15, 0.2) is 11.5 Å². The summed E-state index contributed by atoms with van der Waals surface area (Å²) in [6.45, 7) is 0. The summed E-state index contributed by atoms with van der Waals surface area (Å²) in [6, 6.07) is 1.65. The van der Waals surface area contributed by atoms with E-state index in [9.17, 15) is 23.1 Å². The molecular weight excluding hydrogens is 265 g/mol. The van der Waals surface area contributed by atoms with Gasteiger partial charge in [-0.25, -0.2) is 4.79 Å². The SMILES string of the molecule is COC(=O)c1cc(Cl)c(O)c(OC(F)(F)F)c1. The van der Waals surface area contributed by atoms with Gasteiger partial charge in [-0.15, -0.1) is 13.2 Å². The number of hydrogen-bond acceptors (Lipinski definition) is 4. The first-order valence-electron chi connectivity index (χ1n) is 4.11. The van der Waals surface area contributed by atoms with Crippen LogP contribution in [0.25, 0.3) is 0 Å². The zero-order chi connectivity index (χ0) is 13.2. The third-order valence-electron chi connectivity index (χ3n) is 1.68. The summed E-state index contributed by atoms with van der Waals surface area (Å²) in [5.74, 6) is -2.78. The molecule has 17 heavy (non-hydrogen) atoms. The van der Waals surface area contributed by atoms with Crippen molar-refractivity contribution in [3.05, 3.63) is 22.7 Å². The van der Waals surface area contributed by atoms with Gasteiger partial charge in [0.1, 0.15) is 0 Å². The fraction of sp³-hybridized carbons (Fsp3) is 0.222. The summed E-state index contributed by atoms with van der Waals surface area (Å²) >= 11 is 5.44. The maximum absolute atomic E-state index is 12.0. The number of halogens is 4. The lowest BCUT2D eigenvalue weighted by Gasteiger charge is -2.12. The van der Waals surface area contributed by atoms with Crippen molar-refractivity contribution in [1.82, 2.24) is 0 Å². The van der Waals surface area contributed by atoms with Gasteiger partial charge in [-0.1, -0.05) is 11.6 Å². The predicted octanol–water partition coefficient (Wildman–Crippen LogP) is 2.73. The highest BCUT2D eigenvalue weighted by Gasteiger charge is 2.33. The van der Waals surface area contributed by atoms with Gasteiger partial charge in [0, 0.05) is 0 Å². The molecule has 0 aliphatic heterocycles. The Morgan fingerprint density at radius 2 is 2.00 bits per heavy atom. The maximum Gasteiger partial charge on any atom is 0.573 e. The van der Waals surface area contributed by atoms with E-state index in [1.165, 1.54) is 0 Å². The van der Waals surface area contributed by atoms with Crippen molar-refractivity contribution in [3.63, 3.8) is 0 Å². The van der Waals surface area contributed by atoms with Crippen molar-refractivity contribution in [2.45, 2.75) is 6.36 Å². The van der Waals surface area contributed by atoms with E-state index >= 15 is 0 Å². The second-order valence-electron chi connectivity index (χ2n) is 2.84. The van der Waals surface area contributed by atoms with Gasteiger partial charge in [-0.3, -0.25) is 0 Å². The number of esters is 1. The first-order chi connectivity index (χ1) is 7.74. The molecule has 1 aromatic rings. The Morgan fingerprint density at radius 1 is 1.41 bits per heavy atom. The summed E-state index contributed by atoms with van der Waals surface area (Å²) in [5, 5.41) is 8.78. The molecule has 0 bridgehead atoms. The molecule has 4 nitrogen and oxygen atoms in total. The first kappa shape index (κ1) is 13.4. The number of aromatic hydroxyl groups is 1. The maximum atomic E-state index is 12.0. The summed E-state index contributed by atoms with van der Waals surface area (Å²) in [6.07, 6.45) is -5.00. The zero-order valence-corrected chi connectivity index (χ0v) is 9.09. The minimum Gasteiger partial charge on any atom is -0.503 e. The van der Waals surface area contributed by atoms with Crippen molar-refractivity contribution >= 4 is 17.6 Å². The Kier molecular flexibility index (Phi) is 3.72. The molecule has 1 N–H and O–H groups in total. The second-order valence-corrected chi connectivity index (χ2v) is 3.25. The fourth-order valence-corrected chi connectivity index (χ4v) is 1.22. The summed E-state index contributed by atoms with van der Waals surface area (Å²) in [4.78, 5) is 11.1. The third kappa shape index (κ3) is 3.42. The highest BCUT2D eigenvalue weighted by atomic mass is 35.5. The zero-order valence-electron chi connectivity index (χ0n) is 8.34. The van der Waals surface area contributed by atoms with E-state index in [0.29, 0.717) is 6.07 Å². The van der Waals surface area contributed by atoms with Crippen molar-refractivity contribution in [1.29, 1.82) is 0 Å². The van der Waals surface area contributed by atoms with Crippen LogP contribution in [0.4, 0.5) is 13.2 Å². The molecular formula is C9H6ClF3O4. The van der Waals surface area contributed by atoms with Gasteiger partial charge in [0.25, 0.3) is 0 Å². The topological polar surface area (TPSA) is 55.8 Å². The Balaban J connectivity index is 3.20. The molecule has 0 aliphatic carbocycles. The molecule has 94 valence electrons. The Bertz CT molecular complexity index is 445. The highest BCUT2D eigenvalue weighted by Crippen LogP contribution is 2.38. The highest BCUT2D eigenvalue weighted by molar-refractivity contribution is 6.32. The predicted molar refractivity (Wildman–Crippen MR) is 51.1 cm³/mol. The quantitative estimate of drug-likeness (QED) is 0.840. The normalized spacial score (nSPS) is 11.1. The van der Waals surface area contributed by atoms with Crippen molar-refractivity contribution in [2.75, 3.05) is 7.11 Å². The molecule has 0 spiro atoms. The number of phenols is 1. The van der Waals surface area contributed by atoms with Gasteiger partial charge >= 0.3 is 12.3 Å². The lowest BCUT2D eigenvalue weighted by molar-refractivity contribution is -0.275. The Morgan fingerprint density at radius 3 is 2.47 bits per heavy atom. The van der Waals surface area contributed by atoms with Gasteiger partial charge < -0.3 is 14.6 Å². The number of methoxy groups -OCH3 is 1. The van der Waals surface area contributed by atoms with Gasteiger partial charge in [-0.05, 0) is 12.1 Å². The van der Waals surface area contributed by atoms with Crippen LogP contribution < -0.4 is 4.74 Å². The third-order valence-corrected chi connectivity index (χ3v) is 1.96. The van der Waals surface area contributed by atoms with Crippen LogP contribution in [0.3, 0.4) is 0 Å². The lowest BCUT2D eigenvalue weighted by Crippen LogP contribution is -2.17. The molecule has 0 fully saturated rings. The standard InChI is InChI=1S/C9H6ClF3O4/c1-16-8(15)4-2-5(10)7(14)6(3-4)17-9(11,12)13/h2-3,14H,1H3. The number of hydrogen-bond donors (Lipinski definition) is 1. The molecule has 1 aromatic carbocycles. The van der Waals surface area contributed by atoms with Crippen LogP contribution in [0.5, 0.6) is 11.5 Å². The molecule has 0 amide bonds. The number of benzene rings is 1. The van der Waals surface area contributed by atoms with Crippen LogP contribution in [0.15, 0.2) is 12.1 Å². The lowest BCUT2D eigenvalue weighted by atomic mass is 10.2. The fourth-order valence-electron chi connectivity index (χ4n) is 1.01. The Hall–Kier alpha value is -1.63. The molecule has 0 atom stereocenters. The van der Waals surface area contributed by atoms with Crippen molar-refractivity contribution < 1.29 is 32.5 Å². The molecule has 0 aliphatic rings. The number of rotatable bonds is 2. The number of ether oxygens (including phenoxy) is 2. The van der Waals surface area contributed by atoms with E-state index < -0.39 is 28.9 Å². The monoisotopic (exact) mass is 270 g/mol. The largest absolute Gasteiger partial charge is 0.573 e. The number of carbonyl (C=O) groups is 1. The minimum atomic E-state index is -5.00. The van der Waals surface area contributed by atoms with E-state index in [1.54, 1.807) is 0 Å². The van der Waals surface area contributed by atoms with Crippen LogP contribution >= 0.6 is 11.6 Å². The molecule has 1 rings (SSSR count). The van der Waals surface area contributed by atoms with Crippen LogP contribution in [-0.2, 0) is 4.74 Å². The van der Waals surface area contributed by atoms with Crippen LogP contribution in [-0.4, -0.2) is 24.5 Å².